The van der Waals surface area contributed by atoms with Crippen molar-refractivity contribution < 1.29 is 0 Å². The summed E-state index contributed by atoms with van der Waals surface area (Å²) in [6.07, 6.45) is 3.95. The molecule has 0 aliphatic carbocycles. The van der Waals surface area contributed by atoms with Gasteiger partial charge in [0.05, 0.1) is 0 Å². The van der Waals surface area contributed by atoms with Crippen LogP contribution in [0.3, 0.4) is 0 Å². The SMILES string of the molecule is Cc1ccc(Br)cc1C(CN)c1cc[nH]c1. The van der Waals surface area contributed by atoms with Crippen LogP contribution < -0.4 is 5.73 Å². The Morgan fingerprint density at radius 2 is 2.19 bits per heavy atom. The molecular formula is C13H15BrN2. The second-order valence-electron chi connectivity index (χ2n) is 3.93. The molecule has 0 bridgehead atoms. The average molecular weight is 279 g/mol. The normalized spacial score (nSPS) is 12.7. The van der Waals surface area contributed by atoms with Crippen LogP contribution in [0.2, 0.25) is 0 Å². The first-order chi connectivity index (χ1) is 7.72. The third-order valence-electron chi connectivity index (χ3n) is 2.88. The van der Waals surface area contributed by atoms with Crippen LogP contribution in [0.15, 0.2) is 41.1 Å². The van der Waals surface area contributed by atoms with Crippen LogP contribution in [-0.2, 0) is 0 Å². The molecule has 1 aromatic carbocycles. The zero-order valence-electron chi connectivity index (χ0n) is 9.20. The summed E-state index contributed by atoms with van der Waals surface area (Å²) in [4.78, 5) is 3.08. The predicted molar refractivity (Wildman–Crippen MR) is 70.6 cm³/mol. The van der Waals surface area contributed by atoms with E-state index in [-0.39, 0.29) is 5.92 Å². The number of aromatic amines is 1. The molecule has 1 atom stereocenters. The van der Waals surface area contributed by atoms with E-state index in [9.17, 15) is 0 Å². The predicted octanol–water partition coefficient (Wildman–Crippen LogP) is 3.18. The van der Waals surface area contributed by atoms with Crippen molar-refractivity contribution >= 4 is 15.9 Å². The molecular weight excluding hydrogens is 264 g/mol. The first-order valence-electron chi connectivity index (χ1n) is 5.31. The van der Waals surface area contributed by atoms with Gasteiger partial charge in [-0.05, 0) is 41.8 Å². The van der Waals surface area contributed by atoms with Gasteiger partial charge in [-0.1, -0.05) is 22.0 Å². The topological polar surface area (TPSA) is 41.8 Å². The summed E-state index contributed by atoms with van der Waals surface area (Å²) in [6.45, 7) is 2.74. The largest absolute Gasteiger partial charge is 0.367 e. The summed E-state index contributed by atoms with van der Waals surface area (Å²) in [6, 6.07) is 8.41. The molecule has 0 amide bonds. The number of benzene rings is 1. The lowest BCUT2D eigenvalue weighted by Gasteiger charge is -2.17. The van der Waals surface area contributed by atoms with E-state index in [1.54, 1.807) is 0 Å². The van der Waals surface area contributed by atoms with Crippen LogP contribution in [0.1, 0.15) is 22.6 Å². The molecule has 0 saturated heterocycles. The van der Waals surface area contributed by atoms with E-state index >= 15 is 0 Å². The molecule has 1 heterocycles. The van der Waals surface area contributed by atoms with Gasteiger partial charge in [-0.15, -0.1) is 0 Å². The molecule has 0 radical (unpaired) electrons. The molecule has 1 unspecified atom stereocenters. The lowest BCUT2D eigenvalue weighted by molar-refractivity contribution is 0.812. The average Bonchev–Trinajstić information content (AvgIpc) is 2.78. The molecule has 0 saturated carbocycles. The molecule has 1 aromatic heterocycles. The van der Waals surface area contributed by atoms with Crippen LogP contribution in [0.5, 0.6) is 0 Å². The summed E-state index contributed by atoms with van der Waals surface area (Å²) in [5, 5.41) is 0. The minimum Gasteiger partial charge on any atom is -0.367 e. The smallest absolute Gasteiger partial charge is 0.0230 e. The highest BCUT2D eigenvalue weighted by Gasteiger charge is 2.15. The fourth-order valence-electron chi connectivity index (χ4n) is 1.98. The standard InChI is InChI=1S/C13H15BrN2/c1-9-2-3-11(14)6-12(9)13(7-15)10-4-5-16-8-10/h2-6,8,13,16H,7,15H2,1H3. The van der Waals surface area contributed by atoms with E-state index in [0.717, 1.165) is 4.47 Å². The number of rotatable bonds is 3. The molecule has 16 heavy (non-hydrogen) atoms. The van der Waals surface area contributed by atoms with Crippen molar-refractivity contribution in [3.8, 4) is 0 Å². The second kappa shape index (κ2) is 4.85. The monoisotopic (exact) mass is 278 g/mol. The van der Waals surface area contributed by atoms with Crippen molar-refractivity contribution in [2.45, 2.75) is 12.8 Å². The van der Waals surface area contributed by atoms with Crippen molar-refractivity contribution in [1.29, 1.82) is 0 Å². The molecule has 0 aliphatic heterocycles. The van der Waals surface area contributed by atoms with Crippen molar-refractivity contribution in [2.24, 2.45) is 5.73 Å². The Morgan fingerprint density at radius 3 is 2.81 bits per heavy atom. The quantitative estimate of drug-likeness (QED) is 0.890. The number of H-pyrrole nitrogens is 1. The maximum atomic E-state index is 5.89. The fraction of sp³-hybridized carbons (Fsp3) is 0.231. The number of halogens is 1. The van der Waals surface area contributed by atoms with E-state index in [1.807, 2.05) is 12.4 Å². The summed E-state index contributed by atoms with van der Waals surface area (Å²) < 4.78 is 1.10. The van der Waals surface area contributed by atoms with Crippen LogP contribution in [-0.4, -0.2) is 11.5 Å². The summed E-state index contributed by atoms with van der Waals surface area (Å²) in [7, 11) is 0. The van der Waals surface area contributed by atoms with Crippen LogP contribution in [0.25, 0.3) is 0 Å². The third-order valence-corrected chi connectivity index (χ3v) is 3.37. The van der Waals surface area contributed by atoms with Gasteiger partial charge in [0.1, 0.15) is 0 Å². The molecule has 2 aromatic rings. The Kier molecular flexibility index (Phi) is 3.46. The van der Waals surface area contributed by atoms with Crippen LogP contribution in [0.4, 0.5) is 0 Å². The third kappa shape index (κ3) is 2.20. The number of aryl methyl sites for hydroxylation is 1. The van der Waals surface area contributed by atoms with Crippen molar-refractivity contribution in [3.05, 3.63) is 57.8 Å². The summed E-state index contributed by atoms with van der Waals surface area (Å²) in [5.41, 5.74) is 9.69. The Hall–Kier alpha value is -1.06. The van der Waals surface area contributed by atoms with E-state index in [4.69, 9.17) is 5.73 Å². The number of nitrogens with two attached hydrogens (primary N) is 1. The Morgan fingerprint density at radius 1 is 1.38 bits per heavy atom. The highest BCUT2D eigenvalue weighted by Crippen LogP contribution is 2.28. The first kappa shape index (κ1) is 11.4. The van der Waals surface area contributed by atoms with Gasteiger partial charge in [-0.3, -0.25) is 0 Å². The van der Waals surface area contributed by atoms with Gasteiger partial charge in [0.15, 0.2) is 0 Å². The molecule has 2 rings (SSSR count). The van der Waals surface area contributed by atoms with Crippen LogP contribution >= 0.6 is 15.9 Å². The zero-order chi connectivity index (χ0) is 11.5. The van der Waals surface area contributed by atoms with Crippen LogP contribution in [0, 0.1) is 6.92 Å². The van der Waals surface area contributed by atoms with E-state index in [1.165, 1.54) is 16.7 Å². The van der Waals surface area contributed by atoms with E-state index in [2.05, 4.69) is 52.1 Å². The van der Waals surface area contributed by atoms with Gasteiger partial charge in [0.25, 0.3) is 0 Å². The van der Waals surface area contributed by atoms with Gasteiger partial charge >= 0.3 is 0 Å². The number of aromatic nitrogens is 1. The van der Waals surface area contributed by atoms with Crippen molar-refractivity contribution in [3.63, 3.8) is 0 Å². The second-order valence-corrected chi connectivity index (χ2v) is 4.85. The van der Waals surface area contributed by atoms with Crippen molar-refractivity contribution in [2.75, 3.05) is 6.54 Å². The van der Waals surface area contributed by atoms with Gasteiger partial charge in [0, 0.05) is 29.3 Å². The van der Waals surface area contributed by atoms with Gasteiger partial charge < -0.3 is 10.7 Å². The minimum absolute atomic E-state index is 0.267. The molecule has 3 heteroatoms. The maximum absolute atomic E-state index is 5.89. The molecule has 84 valence electrons. The lowest BCUT2D eigenvalue weighted by atomic mass is 9.90. The number of nitrogens with one attached hydrogen (secondary N) is 1. The first-order valence-corrected chi connectivity index (χ1v) is 6.10. The summed E-state index contributed by atoms with van der Waals surface area (Å²) >= 11 is 3.51. The lowest BCUT2D eigenvalue weighted by Crippen LogP contribution is -2.14. The van der Waals surface area contributed by atoms with Gasteiger partial charge in [-0.2, -0.15) is 0 Å². The highest BCUT2D eigenvalue weighted by molar-refractivity contribution is 9.10. The van der Waals surface area contributed by atoms with E-state index < -0.39 is 0 Å². The Labute approximate surface area is 104 Å². The molecule has 0 fully saturated rings. The molecule has 3 N–H and O–H groups in total. The number of hydrogen-bond acceptors (Lipinski definition) is 1. The fourth-order valence-corrected chi connectivity index (χ4v) is 2.36. The Bertz CT molecular complexity index is 463. The van der Waals surface area contributed by atoms with E-state index in [0.29, 0.717) is 6.54 Å². The minimum atomic E-state index is 0.267. The Balaban J connectivity index is 2.44. The molecule has 0 spiro atoms. The highest BCUT2D eigenvalue weighted by atomic mass is 79.9. The molecule has 2 nitrogen and oxygen atoms in total. The van der Waals surface area contributed by atoms with Gasteiger partial charge in [-0.25, -0.2) is 0 Å². The summed E-state index contributed by atoms with van der Waals surface area (Å²) in [5.74, 6) is 0.267. The number of hydrogen-bond donors (Lipinski definition) is 2. The van der Waals surface area contributed by atoms with Crippen molar-refractivity contribution in [1.82, 2.24) is 4.98 Å². The zero-order valence-corrected chi connectivity index (χ0v) is 10.8. The maximum Gasteiger partial charge on any atom is 0.0230 e. The van der Waals surface area contributed by atoms with Gasteiger partial charge in [0.2, 0.25) is 0 Å². The molecule has 0 aliphatic rings.